The van der Waals surface area contributed by atoms with E-state index in [1.165, 1.54) is 12.4 Å². The Bertz CT molecular complexity index is 394. The summed E-state index contributed by atoms with van der Waals surface area (Å²) in [6.45, 7) is 2.06. The molecule has 1 saturated heterocycles. The number of anilines is 1. The predicted molar refractivity (Wildman–Crippen MR) is 62.8 cm³/mol. The molecule has 1 N–H and O–H groups in total. The van der Waals surface area contributed by atoms with E-state index in [0.29, 0.717) is 12.0 Å². The van der Waals surface area contributed by atoms with Gasteiger partial charge in [-0.1, -0.05) is 0 Å². The molecule has 0 amide bonds. The first kappa shape index (κ1) is 11.7. The molecule has 0 bridgehead atoms. The van der Waals surface area contributed by atoms with Gasteiger partial charge in [0.2, 0.25) is 5.95 Å². The van der Waals surface area contributed by atoms with Crippen LogP contribution in [0.4, 0.5) is 11.6 Å². The SMILES string of the molecule is CN1CCCC(Nc2ncc([N+](=O)[O-])cn2)C1. The first-order chi connectivity index (χ1) is 8.15. The van der Waals surface area contributed by atoms with Crippen molar-refractivity contribution < 1.29 is 4.92 Å². The molecule has 0 spiro atoms. The number of rotatable bonds is 3. The third kappa shape index (κ3) is 3.10. The molecule has 2 heterocycles. The van der Waals surface area contributed by atoms with Crippen molar-refractivity contribution in [3.05, 3.63) is 22.5 Å². The van der Waals surface area contributed by atoms with Gasteiger partial charge >= 0.3 is 5.69 Å². The lowest BCUT2D eigenvalue weighted by Crippen LogP contribution is -2.40. The van der Waals surface area contributed by atoms with Crippen molar-refractivity contribution in [3.8, 4) is 0 Å². The van der Waals surface area contributed by atoms with Crippen LogP contribution in [-0.2, 0) is 0 Å². The summed E-state index contributed by atoms with van der Waals surface area (Å²) in [5.41, 5.74) is -0.0867. The Morgan fingerprint density at radius 2 is 2.24 bits per heavy atom. The zero-order valence-electron chi connectivity index (χ0n) is 9.67. The predicted octanol–water partition coefficient (Wildman–Crippen LogP) is 0.891. The maximum absolute atomic E-state index is 10.4. The molecule has 2 rings (SSSR count). The third-order valence-electron chi connectivity index (χ3n) is 2.81. The Morgan fingerprint density at radius 3 is 2.82 bits per heavy atom. The molecule has 1 aliphatic heterocycles. The lowest BCUT2D eigenvalue weighted by atomic mass is 10.1. The summed E-state index contributed by atoms with van der Waals surface area (Å²) in [7, 11) is 2.07. The number of hydrogen-bond donors (Lipinski definition) is 1. The van der Waals surface area contributed by atoms with E-state index in [1.807, 2.05) is 0 Å². The first-order valence-electron chi connectivity index (χ1n) is 5.56. The fraction of sp³-hybridized carbons (Fsp3) is 0.600. The van der Waals surface area contributed by atoms with Gasteiger partial charge in [0.15, 0.2) is 0 Å². The van der Waals surface area contributed by atoms with Gasteiger partial charge < -0.3 is 10.2 Å². The Morgan fingerprint density at radius 1 is 1.53 bits per heavy atom. The number of nitrogens with one attached hydrogen (secondary N) is 1. The summed E-state index contributed by atoms with van der Waals surface area (Å²) in [6, 6.07) is 0.315. The number of nitrogens with zero attached hydrogens (tertiary/aromatic N) is 4. The molecular formula is C10H15N5O2. The highest BCUT2D eigenvalue weighted by molar-refractivity contribution is 5.31. The Balaban J connectivity index is 1.96. The van der Waals surface area contributed by atoms with E-state index in [1.54, 1.807) is 0 Å². The smallest absolute Gasteiger partial charge is 0.305 e. The largest absolute Gasteiger partial charge is 0.350 e. The molecule has 92 valence electrons. The quantitative estimate of drug-likeness (QED) is 0.621. The molecule has 0 aliphatic carbocycles. The van der Waals surface area contributed by atoms with Crippen molar-refractivity contribution >= 4 is 11.6 Å². The van der Waals surface area contributed by atoms with Crippen molar-refractivity contribution in [2.75, 3.05) is 25.5 Å². The summed E-state index contributed by atoms with van der Waals surface area (Å²) in [5, 5.41) is 13.6. The Kier molecular flexibility index (Phi) is 3.48. The van der Waals surface area contributed by atoms with Gasteiger partial charge in [0, 0.05) is 12.6 Å². The number of aromatic nitrogens is 2. The van der Waals surface area contributed by atoms with Crippen molar-refractivity contribution in [1.82, 2.24) is 14.9 Å². The monoisotopic (exact) mass is 237 g/mol. The van der Waals surface area contributed by atoms with Crippen molar-refractivity contribution in [3.63, 3.8) is 0 Å². The maximum Gasteiger partial charge on any atom is 0.305 e. The van der Waals surface area contributed by atoms with Crippen LogP contribution in [0.3, 0.4) is 0 Å². The highest BCUT2D eigenvalue weighted by Gasteiger charge is 2.17. The Labute approximate surface area is 99.0 Å². The highest BCUT2D eigenvalue weighted by Crippen LogP contribution is 2.13. The molecule has 0 aromatic carbocycles. The second-order valence-corrected chi connectivity index (χ2v) is 4.27. The average molecular weight is 237 g/mol. The van der Waals surface area contributed by atoms with E-state index in [-0.39, 0.29) is 5.69 Å². The lowest BCUT2D eigenvalue weighted by molar-refractivity contribution is -0.385. The zero-order chi connectivity index (χ0) is 12.3. The number of piperidine rings is 1. The third-order valence-corrected chi connectivity index (χ3v) is 2.81. The van der Waals surface area contributed by atoms with Gasteiger partial charge in [0.05, 0.1) is 4.92 Å². The van der Waals surface area contributed by atoms with E-state index >= 15 is 0 Å². The number of nitro groups is 1. The second-order valence-electron chi connectivity index (χ2n) is 4.27. The van der Waals surface area contributed by atoms with Crippen LogP contribution in [0.15, 0.2) is 12.4 Å². The van der Waals surface area contributed by atoms with Crippen LogP contribution >= 0.6 is 0 Å². The van der Waals surface area contributed by atoms with Crippen LogP contribution in [-0.4, -0.2) is 46.0 Å². The minimum absolute atomic E-state index is 0.0867. The lowest BCUT2D eigenvalue weighted by Gasteiger charge is -2.30. The molecular weight excluding hydrogens is 222 g/mol. The maximum atomic E-state index is 10.4. The minimum Gasteiger partial charge on any atom is -0.350 e. The highest BCUT2D eigenvalue weighted by atomic mass is 16.6. The molecule has 1 aromatic heterocycles. The van der Waals surface area contributed by atoms with Crippen LogP contribution in [0.2, 0.25) is 0 Å². The summed E-state index contributed by atoms with van der Waals surface area (Å²) in [4.78, 5) is 20.1. The summed E-state index contributed by atoms with van der Waals surface area (Å²) < 4.78 is 0. The van der Waals surface area contributed by atoms with Gasteiger partial charge in [-0.2, -0.15) is 0 Å². The van der Waals surface area contributed by atoms with Crippen LogP contribution in [0.1, 0.15) is 12.8 Å². The van der Waals surface area contributed by atoms with E-state index < -0.39 is 4.92 Å². The number of hydrogen-bond acceptors (Lipinski definition) is 6. The molecule has 0 saturated carbocycles. The summed E-state index contributed by atoms with van der Waals surface area (Å²) in [5.74, 6) is 0.455. The van der Waals surface area contributed by atoms with E-state index in [0.717, 1.165) is 25.9 Å². The standard InChI is InChI=1S/C10H15N5O2/c1-14-4-2-3-8(7-14)13-10-11-5-9(6-12-10)15(16)17/h5-6,8H,2-4,7H2,1H3,(H,11,12,13). The van der Waals surface area contributed by atoms with E-state index in [4.69, 9.17) is 0 Å². The normalized spacial score (nSPS) is 21.1. The molecule has 1 fully saturated rings. The van der Waals surface area contributed by atoms with Crippen molar-refractivity contribution in [1.29, 1.82) is 0 Å². The van der Waals surface area contributed by atoms with E-state index in [9.17, 15) is 10.1 Å². The van der Waals surface area contributed by atoms with Crippen LogP contribution in [0.5, 0.6) is 0 Å². The molecule has 17 heavy (non-hydrogen) atoms. The summed E-state index contributed by atoms with van der Waals surface area (Å²) in [6.07, 6.45) is 4.66. The van der Waals surface area contributed by atoms with Gasteiger partial charge in [-0.3, -0.25) is 10.1 Å². The molecule has 7 nitrogen and oxygen atoms in total. The molecule has 1 aliphatic rings. The topological polar surface area (TPSA) is 84.2 Å². The van der Waals surface area contributed by atoms with Gasteiger partial charge in [-0.15, -0.1) is 0 Å². The molecule has 0 radical (unpaired) electrons. The summed E-state index contributed by atoms with van der Waals surface area (Å²) >= 11 is 0. The van der Waals surface area contributed by atoms with Crippen LogP contribution in [0.25, 0.3) is 0 Å². The molecule has 7 heteroatoms. The molecule has 1 unspecified atom stereocenters. The molecule has 1 atom stereocenters. The molecule has 1 aromatic rings. The fourth-order valence-electron chi connectivity index (χ4n) is 1.96. The second kappa shape index (κ2) is 5.05. The van der Waals surface area contributed by atoms with Gasteiger partial charge in [0.25, 0.3) is 0 Å². The Hall–Kier alpha value is -1.76. The zero-order valence-corrected chi connectivity index (χ0v) is 9.67. The van der Waals surface area contributed by atoms with Gasteiger partial charge in [0.1, 0.15) is 12.4 Å². The van der Waals surface area contributed by atoms with E-state index in [2.05, 4.69) is 27.2 Å². The van der Waals surface area contributed by atoms with Crippen LogP contribution < -0.4 is 5.32 Å². The number of likely N-dealkylation sites (N-methyl/N-ethyl adjacent to an activating group) is 1. The fourth-order valence-corrected chi connectivity index (χ4v) is 1.96. The number of likely N-dealkylation sites (tertiary alicyclic amines) is 1. The minimum atomic E-state index is -0.502. The van der Waals surface area contributed by atoms with Gasteiger partial charge in [-0.05, 0) is 26.4 Å². The average Bonchev–Trinajstić information content (AvgIpc) is 2.29. The van der Waals surface area contributed by atoms with Crippen LogP contribution in [0, 0.1) is 10.1 Å². The van der Waals surface area contributed by atoms with Gasteiger partial charge in [-0.25, -0.2) is 9.97 Å². The van der Waals surface area contributed by atoms with Crippen molar-refractivity contribution in [2.24, 2.45) is 0 Å². The van der Waals surface area contributed by atoms with Crippen molar-refractivity contribution in [2.45, 2.75) is 18.9 Å². The first-order valence-corrected chi connectivity index (χ1v) is 5.56.